The number of carbonyl (C=O) groups is 5. The predicted molar refractivity (Wildman–Crippen MR) is 121 cm³/mol. The minimum absolute atomic E-state index is 0.0800. The molecule has 1 heterocycles. The molecule has 0 spiro atoms. The summed E-state index contributed by atoms with van der Waals surface area (Å²) in [5.41, 5.74) is -1.58. The molecule has 0 saturated carbocycles. The average molecular weight is 530 g/mol. The Hall–Kier alpha value is -4.01. The smallest absolute Gasteiger partial charge is 0.330 e. The highest BCUT2D eigenvalue weighted by Gasteiger charge is 2.48. The standard InChI is InChI=1S/C22H30N2O13/c1-10-8-24(22(31)23-20(10)30)21(32-7)19(37-15(6)29)18(36-14(5)28)17(35-13(4)27)16(34-12(3)26)9-33-11(2)25/h8,16-19,21H,9H2,1-7H3,(H,23,30,31)/t16-,17-,18-,19+,21-/m1/s1. The molecule has 0 radical (unpaired) electrons. The van der Waals surface area contributed by atoms with Crippen LogP contribution in [-0.2, 0) is 52.4 Å². The van der Waals surface area contributed by atoms with Crippen LogP contribution in [0.15, 0.2) is 15.8 Å². The fourth-order valence-electron chi connectivity index (χ4n) is 3.33. The van der Waals surface area contributed by atoms with Crippen LogP contribution >= 0.6 is 0 Å². The van der Waals surface area contributed by atoms with E-state index >= 15 is 0 Å². The summed E-state index contributed by atoms with van der Waals surface area (Å²) in [5.74, 6) is -4.47. The molecule has 0 aliphatic carbocycles. The number of aromatic nitrogens is 2. The number of nitrogens with zero attached hydrogens (tertiary/aromatic N) is 1. The van der Waals surface area contributed by atoms with Gasteiger partial charge in [-0.3, -0.25) is 38.3 Å². The molecule has 5 atom stereocenters. The summed E-state index contributed by atoms with van der Waals surface area (Å²) < 4.78 is 32.4. The number of methoxy groups -OCH3 is 1. The third-order valence-electron chi connectivity index (χ3n) is 4.63. The van der Waals surface area contributed by atoms with Crippen molar-refractivity contribution >= 4 is 29.8 Å². The van der Waals surface area contributed by atoms with Gasteiger partial charge in [0.15, 0.2) is 30.6 Å². The van der Waals surface area contributed by atoms with Gasteiger partial charge in [0, 0.05) is 53.5 Å². The molecule has 1 aromatic rings. The molecular formula is C22H30N2O13. The fraction of sp³-hybridized carbons (Fsp3) is 0.591. The first kappa shape index (κ1) is 31.0. The molecule has 15 heteroatoms. The third kappa shape index (κ3) is 9.51. The van der Waals surface area contributed by atoms with Crippen LogP contribution in [0.5, 0.6) is 0 Å². The second kappa shape index (κ2) is 13.9. The second-order valence-electron chi connectivity index (χ2n) is 7.78. The van der Waals surface area contributed by atoms with Gasteiger partial charge in [-0.15, -0.1) is 0 Å². The van der Waals surface area contributed by atoms with E-state index in [-0.39, 0.29) is 5.56 Å². The number of carbonyl (C=O) groups excluding carboxylic acids is 5. The fourth-order valence-corrected chi connectivity index (χ4v) is 3.33. The summed E-state index contributed by atoms with van der Waals surface area (Å²) in [7, 11) is 1.13. The average Bonchev–Trinajstić information content (AvgIpc) is 2.76. The summed E-state index contributed by atoms with van der Waals surface area (Å²) in [6, 6.07) is 0. The van der Waals surface area contributed by atoms with Gasteiger partial charge >= 0.3 is 35.5 Å². The molecule has 0 aliphatic heterocycles. The largest absolute Gasteiger partial charge is 0.462 e. The Bertz CT molecular complexity index is 1120. The monoisotopic (exact) mass is 530 g/mol. The molecule has 0 amide bonds. The molecule has 0 aromatic carbocycles. The molecule has 0 unspecified atom stereocenters. The van der Waals surface area contributed by atoms with E-state index in [0.29, 0.717) is 0 Å². The zero-order chi connectivity index (χ0) is 28.4. The normalized spacial score (nSPS) is 14.8. The first-order valence-electron chi connectivity index (χ1n) is 10.8. The summed E-state index contributed by atoms with van der Waals surface area (Å²) in [5, 5.41) is 0. The molecule has 0 saturated heterocycles. The SMILES string of the molecule is CO[C@H]([C@@H](OC(C)=O)[C@H](OC(C)=O)[C@H](OC(C)=O)[C@@H](COC(C)=O)OC(C)=O)n1cc(C)c(=O)[nH]c1=O. The van der Waals surface area contributed by atoms with Gasteiger partial charge in [0.2, 0.25) is 0 Å². The molecular weight excluding hydrogens is 500 g/mol. The van der Waals surface area contributed by atoms with E-state index in [0.717, 1.165) is 52.5 Å². The lowest BCUT2D eigenvalue weighted by Crippen LogP contribution is -2.56. The van der Waals surface area contributed by atoms with Crippen LogP contribution in [0.25, 0.3) is 0 Å². The maximum Gasteiger partial charge on any atom is 0.330 e. The van der Waals surface area contributed by atoms with E-state index in [1.807, 2.05) is 0 Å². The van der Waals surface area contributed by atoms with Crippen LogP contribution in [0.3, 0.4) is 0 Å². The van der Waals surface area contributed by atoms with Crippen LogP contribution in [0.4, 0.5) is 0 Å². The Balaban J connectivity index is 3.84. The van der Waals surface area contributed by atoms with E-state index in [1.165, 1.54) is 6.92 Å². The van der Waals surface area contributed by atoms with Gasteiger partial charge in [-0.1, -0.05) is 0 Å². The van der Waals surface area contributed by atoms with E-state index in [1.54, 1.807) is 0 Å². The van der Waals surface area contributed by atoms with Crippen molar-refractivity contribution in [3.8, 4) is 0 Å². The van der Waals surface area contributed by atoms with Crippen molar-refractivity contribution in [1.82, 2.24) is 9.55 Å². The van der Waals surface area contributed by atoms with Crippen molar-refractivity contribution < 1.29 is 52.4 Å². The van der Waals surface area contributed by atoms with Gasteiger partial charge in [0.1, 0.15) is 6.61 Å². The highest BCUT2D eigenvalue weighted by molar-refractivity contribution is 5.69. The molecule has 0 bridgehead atoms. The molecule has 1 rings (SSSR count). The van der Waals surface area contributed by atoms with Crippen molar-refractivity contribution in [2.75, 3.05) is 13.7 Å². The predicted octanol–water partition coefficient (Wildman–Crippen LogP) is -0.720. The van der Waals surface area contributed by atoms with Gasteiger partial charge in [-0.2, -0.15) is 0 Å². The van der Waals surface area contributed by atoms with Gasteiger partial charge in [0.25, 0.3) is 5.56 Å². The number of hydrogen-bond acceptors (Lipinski definition) is 13. The minimum Gasteiger partial charge on any atom is -0.462 e. The Morgan fingerprint density at radius 3 is 1.73 bits per heavy atom. The summed E-state index contributed by atoms with van der Waals surface area (Å²) in [6.07, 6.45) is -7.25. The Labute approximate surface area is 210 Å². The highest BCUT2D eigenvalue weighted by Crippen LogP contribution is 2.27. The summed E-state index contributed by atoms with van der Waals surface area (Å²) >= 11 is 0. The van der Waals surface area contributed by atoms with E-state index in [9.17, 15) is 33.6 Å². The maximum absolute atomic E-state index is 12.6. The molecule has 0 aliphatic rings. The van der Waals surface area contributed by atoms with E-state index < -0.39 is 78.3 Å². The van der Waals surface area contributed by atoms with E-state index in [2.05, 4.69) is 4.98 Å². The first-order valence-corrected chi connectivity index (χ1v) is 10.8. The number of ether oxygens (including phenoxy) is 6. The molecule has 0 fully saturated rings. The van der Waals surface area contributed by atoms with Crippen LogP contribution in [-0.4, -0.2) is 77.5 Å². The number of hydrogen-bond donors (Lipinski definition) is 1. The molecule has 1 aromatic heterocycles. The Kier molecular flexibility index (Phi) is 11.7. The molecule has 1 N–H and O–H groups in total. The van der Waals surface area contributed by atoms with Gasteiger partial charge in [0.05, 0.1) is 0 Å². The van der Waals surface area contributed by atoms with Gasteiger partial charge in [-0.05, 0) is 6.92 Å². The Morgan fingerprint density at radius 1 is 0.784 bits per heavy atom. The van der Waals surface area contributed by atoms with Crippen molar-refractivity contribution in [2.24, 2.45) is 0 Å². The van der Waals surface area contributed by atoms with Gasteiger partial charge in [-0.25, -0.2) is 4.79 Å². The highest BCUT2D eigenvalue weighted by atomic mass is 16.6. The number of esters is 5. The number of nitrogens with one attached hydrogen (secondary N) is 1. The zero-order valence-corrected chi connectivity index (χ0v) is 21.4. The lowest BCUT2D eigenvalue weighted by atomic mass is 10.0. The molecule has 37 heavy (non-hydrogen) atoms. The van der Waals surface area contributed by atoms with Crippen molar-refractivity contribution in [2.45, 2.75) is 72.2 Å². The number of H-pyrrole nitrogens is 1. The van der Waals surface area contributed by atoms with Crippen molar-refractivity contribution in [1.29, 1.82) is 0 Å². The number of rotatable bonds is 12. The van der Waals surface area contributed by atoms with Crippen molar-refractivity contribution in [3.05, 3.63) is 32.6 Å². The number of aromatic amines is 1. The lowest BCUT2D eigenvalue weighted by molar-refractivity contribution is -0.217. The topological polar surface area (TPSA) is 196 Å². The number of aryl methyl sites for hydroxylation is 1. The lowest BCUT2D eigenvalue weighted by Gasteiger charge is -2.38. The second-order valence-corrected chi connectivity index (χ2v) is 7.78. The van der Waals surface area contributed by atoms with Crippen LogP contribution in [0, 0.1) is 6.92 Å². The Morgan fingerprint density at radius 2 is 1.27 bits per heavy atom. The quantitative estimate of drug-likeness (QED) is 0.263. The third-order valence-corrected chi connectivity index (χ3v) is 4.63. The molecule has 206 valence electrons. The van der Waals surface area contributed by atoms with Crippen molar-refractivity contribution in [3.63, 3.8) is 0 Å². The summed E-state index contributed by atoms with van der Waals surface area (Å²) in [6.45, 7) is 5.84. The zero-order valence-electron chi connectivity index (χ0n) is 21.4. The van der Waals surface area contributed by atoms with Gasteiger partial charge < -0.3 is 28.4 Å². The van der Waals surface area contributed by atoms with Crippen LogP contribution in [0.2, 0.25) is 0 Å². The molecule has 15 nitrogen and oxygen atoms in total. The summed E-state index contributed by atoms with van der Waals surface area (Å²) in [4.78, 5) is 86.0. The van der Waals surface area contributed by atoms with E-state index in [4.69, 9.17) is 28.4 Å². The first-order chi connectivity index (χ1) is 17.2. The maximum atomic E-state index is 12.6. The van der Waals surface area contributed by atoms with Crippen LogP contribution in [0.1, 0.15) is 46.4 Å². The van der Waals surface area contributed by atoms with Crippen LogP contribution < -0.4 is 11.2 Å². The minimum atomic E-state index is -1.78.